The van der Waals surface area contributed by atoms with Gasteiger partial charge in [-0.1, -0.05) is 109 Å². The third-order valence-corrected chi connectivity index (χ3v) is 5.14. The van der Waals surface area contributed by atoms with Crippen molar-refractivity contribution in [1.82, 2.24) is 0 Å². The Morgan fingerprint density at radius 1 is 0.389 bits per heavy atom. The fourth-order valence-electron chi connectivity index (χ4n) is 3.32. The molecule has 0 bridgehead atoms. The van der Waals surface area contributed by atoms with Gasteiger partial charge in [-0.15, -0.1) is 0 Å². The van der Waals surface area contributed by atoms with Gasteiger partial charge in [0.2, 0.25) is 0 Å². The lowest BCUT2D eigenvalue weighted by Gasteiger charge is -2.01. The zero-order chi connectivity index (χ0) is 25.6. The predicted octanol–water partition coefficient (Wildman–Crippen LogP) is 7.57. The van der Waals surface area contributed by atoms with E-state index in [4.69, 9.17) is 21.0 Å². The van der Waals surface area contributed by atoms with Crippen LogP contribution in [0.25, 0.3) is 34.4 Å². The Kier molecular flexibility index (Phi) is 9.10. The van der Waals surface area contributed by atoms with Crippen LogP contribution in [-0.4, -0.2) is 0 Å². The SMILES string of the molecule is N#CC(C#N)=Cc1ccc(-c2ccccc2)cc1.N#CC(C#N)=Cc1ccc(-c2ccccc2)cc1. The Morgan fingerprint density at radius 2 is 0.667 bits per heavy atom. The van der Waals surface area contributed by atoms with E-state index in [0.29, 0.717) is 0 Å². The minimum atomic E-state index is 0.113. The van der Waals surface area contributed by atoms with Gasteiger partial charge in [-0.2, -0.15) is 21.0 Å². The second-order valence-electron chi connectivity index (χ2n) is 7.54. The molecule has 0 N–H and O–H groups in total. The fourth-order valence-corrected chi connectivity index (χ4v) is 3.32. The summed E-state index contributed by atoms with van der Waals surface area (Å²) in [4.78, 5) is 0. The van der Waals surface area contributed by atoms with Gasteiger partial charge in [0.25, 0.3) is 0 Å². The first-order chi connectivity index (χ1) is 17.7. The highest BCUT2D eigenvalue weighted by Gasteiger charge is 1.99. The quantitative estimate of drug-likeness (QED) is 0.293. The predicted molar refractivity (Wildman–Crippen MR) is 142 cm³/mol. The molecule has 4 heteroatoms. The van der Waals surface area contributed by atoms with Gasteiger partial charge in [-0.25, -0.2) is 0 Å². The third kappa shape index (κ3) is 7.16. The summed E-state index contributed by atoms with van der Waals surface area (Å²) >= 11 is 0. The minimum absolute atomic E-state index is 0.113. The van der Waals surface area contributed by atoms with Crippen molar-refractivity contribution >= 4 is 12.2 Å². The van der Waals surface area contributed by atoms with Crippen molar-refractivity contribution in [2.45, 2.75) is 0 Å². The molecule has 4 rings (SSSR count). The number of benzene rings is 4. The molecular formula is C32H20N4. The molecule has 4 aromatic carbocycles. The van der Waals surface area contributed by atoms with Crippen LogP contribution in [0.4, 0.5) is 0 Å². The van der Waals surface area contributed by atoms with Crippen molar-refractivity contribution in [1.29, 1.82) is 21.0 Å². The van der Waals surface area contributed by atoms with Crippen LogP contribution in [-0.2, 0) is 0 Å². The average molecular weight is 461 g/mol. The normalized spacial score (nSPS) is 9.00. The van der Waals surface area contributed by atoms with E-state index in [1.807, 2.05) is 133 Å². The topological polar surface area (TPSA) is 95.2 Å². The number of hydrogen-bond donors (Lipinski definition) is 0. The van der Waals surface area contributed by atoms with Gasteiger partial charge < -0.3 is 0 Å². The van der Waals surface area contributed by atoms with E-state index >= 15 is 0 Å². The Morgan fingerprint density at radius 3 is 0.944 bits per heavy atom. The van der Waals surface area contributed by atoms with Crippen molar-refractivity contribution in [3.63, 3.8) is 0 Å². The standard InChI is InChI=1S/2C16H10N2/c2*17-11-14(12-18)10-13-6-8-16(9-7-13)15-4-2-1-3-5-15/h2*1-10H. The van der Waals surface area contributed by atoms with Crippen LogP contribution in [0, 0.1) is 45.3 Å². The molecule has 0 fully saturated rings. The smallest absolute Gasteiger partial charge is 0.130 e. The number of allylic oxidation sites excluding steroid dienone is 2. The largest absolute Gasteiger partial charge is 0.192 e. The molecule has 0 aliphatic heterocycles. The molecule has 36 heavy (non-hydrogen) atoms. The van der Waals surface area contributed by atoms with Crippen molar-refractivity contribution in [3.05, 3.63) is 131 Å². The summed E-state index contributed by atoms with van der Waals surface area (Å²) in [5.41, 5.74) is 6.46. The molecular weight excluding hydrogens is 440 g/mol. The highest BCUT2D eigenvalue weighted by molar-refractivity contribution is 5.69. The van der Waals surface area contributed by atoms with Crippen molar-refractivity contribution in [2.75, 3.05) is 0 Å². The first-order valence-corrected chi connectivity index (χ1v) is 11.0. The van der Waals surface area contributed by atoms with Crippen LogP contribution >= 0.6 is 0 Å². The second kappa shape index (κ2) is 13.1. The lowest BCUT2D eigenvalue weighted by Crippen LogP contribution is -1.79. The number of rotatable bonds is 4. The van der Waals surface area contributed by atoms with E-state index in [1.165, 1.54) is 0 Å². The molecule has 0 saturated heterocycles. The lowest BCUT2D eigenvalue weighted by atomic mass is 10.0. The summed E-state index contributed by atoms with van der Waals surface area (Å²) in [7, 11) is 0. The Labute approximate surface area is 211 Å². The number of nitriles is 4. The third-order valence-electron chi connectivity index (χ3n) is 5.14. The fraction of sp³-hybridized carbons (Fsp3) is 0. The molecule has 0 amide bonds. The molecule has 4 nitrogen and oxygen atoms in total. The maximum Gasteiger partial charge on any atom is 0.130 e. The maximum absolute atomic E-state index is 8.68. The molecule has 0 saturated carbocycles. The summed E-state index contributed by atoms with van der Waals surface area (Å²) in [5, 5.41) is 34.7. The van der Waals surface area contributed by atoms with Crippen molar-refractivity contribution < 1.29 is 0 Å². The van der Waals surface area contributed by atoms with Gasteiger partial charge in [-0.3, -0.25) is 0 Å². The van der Waals surface area contributed by atoms with Crippen molar-refractivity contribution in [2.24, 2.45) is 0 Å². The summed E-state index contributed by atoms with van der Waals surface area (Å²) < 4.78 is 0. The van der Waals surface area contributed by atoms with Crippen LogP contribution in [0.15, 0.2) is 120 Å². The van der Waals surface area contributed by atoms with Gasteiger partial charge in [0.05, 0.1) is 0 Å². The van der Waals surface area contributed by atoms with Crippen molar-refractivity contribution in [3.8, 4) is 46.5 Å². The van der Waals surface area contributed by atoms with E-state index in [1.54, 1.807) is 12.2 Å². The van der Waals surface area contributed by atoms with E-state index in [-0.39, 0.29) is 11.1 Å². The molecule has 0 aliphatic rings. The molecule has 0 heterocycles. The Balaban J connectivity index is 0.000000201. The second-order valence-corrected chi connectivity index (χ2v) is 7.54. The first kappa shape index (κ1) is 25.0. The van der Waals surface area contributed by atoms with E-state index < -0.39 is 0 Å². The lowest BCUT2D eigenvalue weighted by molar-refractivity contribution is 1.47. The van der Waals surface area contributed by atoms with Crippen LogP contribution in [0.1, 0.15) is 11.1 Å². The van der Waals surface area contributed by atoms with Crippen LogP contribution in [0.5, 0.6) is 0 Å². The van der Waals surface area contributed by atoms with Gasteiger partial charge in [0, 0.05) is 0 Å². The Bertz CT molecular complexity index is 1370. The summed E-state index contributed by atoms with van der Waals surface area (Å²) in [6.07, 6.45) is 3.16. The van der Waals surface area contributed by atoms with E-state index in [2.05, 4.69) is 0 Å². The number of hydrogen-bond acceptors (Lipinski definition) is 4. The molecule has 168 valence electrons. The summed E-state index contributed by atoms with van der Waals surface area (Å²) in [5.74, 6) is 0. The van der Waals surface area contributed by atoms with Gasteiger partial charge in [-0.05, 0) is 45.5 Å². The minimum Gasteiger partial charge on any atom is -0.192 e. The van der Waals surface area contributed by atoms with Crippen LogP contribution in [0.2, 0.25) is 0 Å². The van der Waals surface area contributed by atoms with Gasteiger partial charge in [0.15, 0.2) is 0 Å². The zero-order valence-electron chi connectivity index (χ0n) is 19.3. The van der Waals surface area contributed by atoms with Crippen LogP contribution < -0.4 is 0 Å². The highest BCUT2D eigenvalue weighted by Crippen LogP contribution is 2.21. The highest BCUT2D eigenvalue weighted by atomic mass is 14.3. The Hall–Kier alpha value is -5.68. The van der Waals surface area contributed by atoms with Gasteiger partial charge >= 0.3 is 0 Å². The van der Waals surface area contributed by atoms with Gasteiger partial charge in [0.1, 0.15) is 35.4 Å². The summed E-state index contributed by atoms with van der Waals surface area (Å²) in [6.45, 7) is 0. The zero-order valence-corrected chi connectivity index (χ0v) is 19.3. The first-order valence-electron chi connectivity index (χ1n) is 11.0. The van der Waals surface area contributed by atoms with E-state index in [0.717, 1.165) is 33.4 Å². The molecule has 0 atom stereocenters. The summed E-state index contributed by atoms with van der Waals surface area (Å²) in [6, 6.07) is 43.0. The molecule has 0 aliphatic carbocycles. The van der Waals surface area contributed by atoms with E-state index in [9.17, 15) is 0 Å². The maximum atomic E-state index is 8.68. The monoisotopic (exact) mass is 460 g/mol. The molecule has 0 spiro atoms. The average Bonchev–Trinajstić information content (AvgIpc) is 2.96. The number of nitrogens with zero attached hydrogens (tertiary/aromatic N) is 4. The van der Waals surface area contributed by atoms with Crippen LogP contribution in [0.3, 0.4) is 0 Å². The molecule has 0 radical (unpaired) electrons. The molecule has 0 unspecified atom stereocenters. The molecule has 0 aromatic heterocycles. The molecule has 4 aromatic rings.